The molecule has 0 saturated carbocycles. The molecular weight excluding hydrogens is 428 g/mol. The minimum Gasteiger partial charge on any atom is -0.444 e. The second-order valence-electron chi connectivity index (χ2n) is 11.6. The lowest BCUT2D eigenvalue weighted by atomic mass is 9.98. The largest absolute Gasteiger partial charge is 0.444 e. The number of nitrogens with one attached hydrogen (secondary N) is 1. The van der Waals surface area contributed by atoms with Gasteiger partial charge >= 0.3 is 6.09 Å². The predicted molar refractivity (Wildman–Crippen MR) is 137 cm³/mol. The van der Waals surface area contributed by atoms with Crippen molar-refractivity contribution in [3.8, 4) is 0 Å². The Balaban J connectivity index is 1.38. The predicted octanol–water partition coefficient (Wildman–Crippen LogP) is 4.06. The summed E-state index contributed by atoms with van der Waals surface area (Å²) in [4.78, 5) is 31.3. The zero-order chi connectivity index (χ0) is 24.9. The standard InChI is InChI=1S/C27H44N4O3/c1-26(2,3)31-15-13-22(14-16-31)28-24(32)12-9-21-7-10-23(11-8-21)29-17-19-30(20-18-29)25(33)34-27(4,5)6/h7-8,10-11,22H,9,12-20H2,1-6H3,(H,28,32). The molecule has 190 valence electrons. The Labute approximate surface area is 205 Å². The number of benzene rings is 1. The highest BCUT2D eigenvalue weighted by Crippen LogP contribution is 2.21. The molecule has 7 heteroatoms. The van der Waals surface area contributed by atoms with Crippen LogP contribution in [-0.2, 0) is 16.0 Å². The summed E-state index contributed by atoms with van der Waals surface area (Å²) in [6.07, 6.45) is 3.09. The van der Waals surface area contributed by atoms with Gasteiger partial charge in [0.25, 0.3) is 0 Å². The molecule has 2 heterocycles. The highest BCUT2D eigenvalue weighted by molar-refractivity contribution is 5.76. The topological polar surface area (TPSA) is 65.1 Å². The zero-order valence-corrected chi connectivity index (χ0v) is 22.0. The van der Waals surface area contributed by atoms with Gasteiger partial charge in [-0.2, -0.15) is 0 Å². The van der Waals surface area contributed by atoms with E-state index >= 15 is 0 Å². The Morgan fingerprint density at radius 3 is 2.03 bits per heavy atom. The van der Waals surface area contributed by atoms with Crippen LogP contribution in [0.15, 0.2) is 24.3 Å². The molecule has 0 radical (unpaired) electrons. The van der Waals surface area contributed by atoms with Crippen molar-refractivity contribution in [2.24, 2.45) is 0 Å². The van der Waals surface area contributed by atoms with Gasteiger partial charge in [0.15, 0.2) is 0 Å². The maximum absolute atomic E-state index is 12.5. The van der Waals surface area contributed by atoms with Gasteiger partial charge in [-0.05, 0) is 78.5 Å². The fraction of sp³-hybridized carbons (Fsp3) is 0.704. The molecule has 0 spiro atoms. The number of amides is 2. The fourth-order valence-corrected chi connectivity index (χ4v) is 4.60. The third kappa shape index (κ3) is 7.90. The van der Waals surface area contributed by atoms with Gasteiger partial charge in [-0.25, -0.2) is 4.79 Å². The Hall–Kier alpha value is -2.28. The Kier molecular flexibility index (Phi) is 8.50. The molecule has 1 aromatic rings. The Morgan fingerprint density at radius 1 is 0.912 bits per heavy atom. The molecule has 2 aliphatic rings. The van der Waals surface area contributed by atoms with Crippen molar-refractivity contribution in [1.29, 1.82) is 0 Å². The Bertz CT molecular complexity index is 810. The van der Waals surface area contributed by atoms with E-state index in [0.29, 0.717) is 25.6 Å². The van der Waals surface area contributed by atoms with E-state index in [9.17, 15) is 9.59 Å². The first-order valence-electron chi connectivity index (χ1n) is 12.8. The van der Waals surface area contributed by atoms with E-state index in [1.807, 2.05) is 20.8 Å². The lowest BCUT2D eigenvalue weighted by molar-refractivity contribution is -0.122. The summed E-state index contributed by atoms with van der Waals surface area (Å²) in [6, 6.07) is 8.78. The van der Waals surface area contributed by atoms with Crippen LogP contribution in [-0.4, -0.2) is 78.3 Å². The van der Waals surface area contributed by atoms with Crippen LogP contribution in [0.2, 0.25) is 0 Å². The summed E-state index contributed by atoms with van der Waals surface area (Å²) < 4.78 is 5.48. The van der Waals surface area contributed by atoms with Gasteiger partial charge in [-0.1, -0.05) is 12.1 Å². The second-order valence-corrected chi connectivity index (χ2v) is 11.6. The molecule has 0 unspecified atom stereocenters. The molecule has 1 aromatic carbocycles. The molecule has 1 N–H and O–H groups in total. The molecule has 0 aliphatic carbocycles. The first-order valence-corrected chi connectivity index (χ1v) is 12.8. The number of aryl methyl sites for hydroxylation is 1. The number of carbonyl (C=O) groups is 2. The van der Waals surface area contributed by atoms with Crippen molar-refractivity contribution in [2.45, 2.75) is 84.4 Å². The number of piperidine rings is 1. The summed E-state index contributed by atoms with van der Waals surface area (Å²) in [6.45, 7) is 17.4. The van der Waals surface area contributed by atoms with Crippen LogP contribution in [0.5, 0.6) is 0 Å². The number of likely N-dealkylation sites (tertiary alicyclic amines) is 1. The van der Waals surface area contributed by atoms with Crippen LogP contribution in [0, 0.1) is 0 Å². The van der Waals surface area contributed by atoms with E-state index in [0.717, 1.165) is 51.1 Å². The van der Waals surface area contributed by atoms with E-state index in [-0.39, 0.29) is 17.5 Å². The molecule has 34 heavy (non-hydrogen) atoms. The first kappa shape index (κ1) is 26.3. The molecule has 2 aliphatic heterocycles. The number of anilines is 1. The smallest absolute Gasteiger partial charge is 0.410 e. The summed E-state index contributed by atoms with van der Waals surface area (Å²) in [5, 5.41) is 3.24. The number of piperazine rings is 1. The van der Waals surface area contributed by atoms with Crippen LogP contribution in [0.3, 0.4) is 0 Å². The molecule has 0 atom stereocenters. The monoisotopic (exact) mass is 472 g/mol. The van der Waals surface area contributed by atoms with Crippen molar-refractivity contribution >= 4 is 17.7 Å². The van der Waals surface area contributed by atoms with Gasteiger partial charge in [0.2, 0.25) is 5.91 Å². The van der Waals surface area contributed by atoms with E-state index < -0.39 is 5.60 Å². The minimum absolute atomic E-state index is 0.150. The molecular formula is C27H44N4O3. The Morgan fingerprint density at radius 2 is 1.50 bits per heavy atom. The van der Waals surface area contributed by atoms with Crippen LogP contribution < -0.4 is 10.2 Å². The van der Waals surface area contributed by atoms with Crippen molar-refractivity contribution < 1.29 is 14.3 Å². The van der Waals surface area contributed by atoms with Gasteiger partial charge < -0.3 is 19.9 Å². The van der Waals surface area contributed by atoms with Crippen molar-refractivity contribution in [1.82, 2.24) is 15.1 Å². The summed E-state index contributed by atoms with van der Waals surface area (Å²) in [5.74, 6) is 0.150. The van der Waals surface area contributed by atoms with Crippen LogP contribution >= 0.6 is 0 Å². The third-order valence-corrected chi connectivity index (χ3v) is 6.68. The number of hydrogen-bond donors (Lipinski definition) is 1. The van der Waals surface area contributed by atoms with Gasteiger partial charge in [0.1, 0.15) is 5.60 Å². The lowest BCUT2D eigenvalue weighted by Gasteiger charge is -2.41. The molecule has 2 saturated heterocycles. The van der Waals surface area contributed by atoms with Crippen molar-refractivity contribution in [3.05, 3.63) is 29.8 Å². The maximum atomic E-state index is 12.5. The summed E-state index contributed by atoms with van der Waals surface area (Å²) >= 11 is 0. The van der Waals surface area contributed by atoms with Crippen molar-refractivity contribution in [2.75, 3.05) is 44.2 Å². The zero-order valence-electron chi connectivity index (χ0n) is 22.0. The van der Waals surface area contributed by atoms with Gasteiger partial charge in [0, 0.05) is 63.0 Å². The number of nitrogens with zero attached hydrogens (tertiary/aromatic N) is 3. The van der Waals surface area contributed by atoms with E-state index in [4.69, 9.17) is 4.74 Å². The average Bonchev–Trinajstić information content (AvgIpc) is 2.77. The first-order chi connectivity index (χ1) is 15.9. The van der Waals surface area contributed by atoms with E-state index in [1.165, 1.54) is 5.56 Å². The van der Waals surface area contributed by atoms with E-state index in [2.05, 4.69) is 60.2 Å². The quantitative estimate of drug-likeness (QED) is 0.700. The lowest BCUT2D eigenvalue weighted by Crippen LogP contribution is -2.50. The third-order valence-electron chi connectivity index (χ3n) is 6.68. The van der Waals surface area contributed by atoms with Crippen molar-refractivity contribution in [3.63, 3.8) is 0 Å². The molecule has 3 rings (SSSR count). The molecule has 2 amide bonds. The molecule has 7 nitrogen and oxygen atoms in total. The summed E-state index contributed by atoms with van der Waals surface area (Å²) in [5.41, 5.74) is 2.06. The highest BCUT2D eigenvalue weighted by Gasteiger charge is 2.28. The fourth-order valence-electron chi connectivity index (χ4n) is 4.60. The highest BCUT2D eigenvalue weighted by atomic mass is 16.6. The van der Waals surface area contributed by atoms with Crippen LogP contribution in [0.25, 0.3) is 0 Å². The maximum Gasteiger partial charge on any atom is 0.410 e. The second kappa shape index (κ2) is 11.0. The molecule has 2 fully saturated rings. The SMILES string of the molecule is CC(C)(C)OC(=O)N1CCN(c2ccc(CCC(=O)NC3CCN(C(C)(C)C)CC3)cc2)CC1. The number of rotatable bonds is 5. The van der Waals surface area contributed by atoms with Gasteiger partial charge in [-0.15, -0.1) is 0 Å². The number of carbonyl (C=O) groups excluding carboxylic acids is 2. The minimum atomic E-state index is -0.467. The van der Waals surface area contributed by atoms with Crippen LogP contribution in [0.1, 0.15) is 66.4 Å². The average molecular weight is 473 g/mol. The molecule has 0 bridgehead atoms. The normalized spacial score (nSPS) is 18.6. The van der Waals surface area contributed by atoms with Gasteiger partial charge in [-0.3, -0.25) is 9.69 Å². The molecule has 0 aromatic heterocycles. The number of hydrogen-bond acceptors (Lipinski definition) is 5. The van der Waals surface area contributed by atoms with E-state index in [1.54, 1.807) is 4.90 Å². The number of ether oxygens (including phenoxy) is 1. The van der Waals surface area contributed by atoms with Gasteiger partial charge in [0.05, 0.1) is 0 Å². The van der Waals surface area contributed by atoms with Crippen LogP contribution in [0.4, 0.5) is 10.5 Å². The summed E-state index contributed by atoms with van der Waals surface area (Å²) in [7, 11) is 0.